The van der Waals surface area contributed by atoms with Crippen LogP contribution in [0.5, 0.6) is 0 Å². The maximum atomic E-state index is 12.1. The molecule has 2 N–H and O–H groups in total. The van der Waals surface area contributed by atoms with E-state index in [0.29, 0.717) is 18.1 Å². The van der Waals surface area contributed by atoms with E-state index in [1.165, 1.54) is 22.3 Å². The lowest BCUT2D eigenvalue weighted by Crippen LogP contribution is -2.43. The fraction of sp³-hybridized carbons (Fsp3) is 0.462. The molecule has 0 radical (unpaired) electrons. The van der Waals surface area contributed by atoms with Crippen molar-refractivity contribution in [1.29, 1.82) is 0 Å². The minimum atomic E-state index is -1.05. The number of hydrogen-bond acceptors (Lipinski definition) is 4. The van der Waals surface area contributed by atoms with Crippen LogP contribution in [0, 0.1) is 0 Å². The molecule has 0 aliphatic carbocycles. The normalized spacial score (nSPS) is 16.5. The highest BCUT2D eigenvalue weighted by Crippen LogP contribution is 2.19. The van der Waals surface area contributed by atoms with Crippen molar-refractivity contribution in [3.05, 3.63) is 27.7 Å². The Morgan fingerprint density at radius 3 is 2.85 bits per heavy atom. The predicted octanol–water partition coefficient (Wildman–Crippen LogP) is 2.26. The third-order valence-electron chi connectivity index (χ3n) is 3.17. The fourth-order valence-corrected chi connectivity index (χ4v) is 2.68. The molecule has 2 heterocycles. The summed E-state index contributed by atoms with van der Waals surface area (Å²) in [7, 11) is 0. The maximum absolute atomic E-state index is 12.1. The first-order valence-corrected chi connectivity index (χ1v) is 7.25. The summed E-state index contributed by atoms with van der Waals surface area (Å²) in [5.41, 5.74) is 1.32. The van der Waals surface area contributed by atoms with E-state index < -0.39 is 5.97 Å². The molecule has 0 spiro atoms. The average molecular weight is 295 g/mol. The molecule has 108 valence electrons. The smallest absolute Gasteiger partial charge is 0.355 e. The highest BCUT2D eigenvalue weighted by Gasteiger charge is 2.20. The van der Waals surface area contributed by atoms with Crippen LogP contribution in [0.2, 0.25) is 0 Å². The Labute approximate surface area is 121 Å². The summed E-state index contributed by atoms with van der Waals surface area (Å²) in [6, 6.07) is -0.444. The number of aromatic nitrogens is 1. The van der Waals surface area contributed by atoms with Gasteiger partial charge in [-0.05, 0) is 20.3 Å². The Morgan fingerprint density at radius 1 is 1.55 bits per heavy atom. The molecule has 2 rings (SSSR count). The first-order chi connectivity index (χ1) is 9.47. The van der Waals surface area contributed by atoms with Gasteiger partial charge in [-0.15, -0.1) is 11.3 Å². The van der Waals surface area contributed by atoms with E-state index in [-0.39, 0.29) is 17.8 Å². The number of carbonyl (C=O) groups is 2. The van der Waals surface area contributed by atoms with Crippen molar-refractivity contribution < 1.29 is 14.7 Å². The van der Waals surface area contributed by atoms with Gasteiger partial charge in [0.2, 0.25) is 0 Å². The van der Waals surface area contributed by atoms with Crippen LogP contribution in [0.1, 0.15) is 41.8 Å². The highest BCUT2D eigenvalue weighted by atomic mass is 32.1. The van der Waals surface area contributed by atoms with Crippen LogP contribution in [0.25, 0.3) is 0 Å². The number of nitrogens with zero attached hydrogens (tertiary/aromatic N) is 2. The number of hydrogen-bond donors (Lipinski definition) is 2. The zero-order chi connectivity index (χ0) is 14.7. The molecule has 20 heavy (non-hydrogen) atoms. The van der Waals surface area contributed by atoms with Crippen LogP contribution < -0.4 is 5.32 Å². The summed E-state index contributed by atoms with van der Waals surface area (Å²) in [6.45, 7) is 5.18. The topological polar surface area (TPSA) is 82.5 Å². The van der Waals surface area contributed by atoms with E-state index in [9.17, 15) is 9.59 Å². The minimum Gasteiger partial charge on any atom is -0.476 e. The van der Waals surface area contributed by atoms with Gasteiger partial charge in [0.1, 0.15) is 5.01 Å². The van der Waals surface area contributed by atoms with Gasteiger partial charge in [-0.25, -0.2) is 14.6 Å². The molecule has 1 aromatic rings. The van der Waals surface area contributed by atoms with E-state index in [1.807, 2.05) is 6.08 Å². The summed E-state index contributed by atoms with van der Waals surface area (Å²) in [4.78, 5) is 28.6. The highest BCUT2D eigenvalue weighted by molar-refractivity contribution is 7.09. The molecule has 1 atom stereocenters. The molecule has 0 saturated heterocycles. The van der Waals surface area contributed by atoms with Crippen LogP contribution in [0.15, 0.2) is 17.0 Å². The lowest BCUT2D eigenvalue weighted by molar-refractivity contribution is 0.0691. The number of urea groups is 1. The number of nitrogens with one attached hydrogen (secondary N) is 1. The molecule has 0 saturated carbocycles. The van der Waals surface area contributed by atoms with Crippen molar-refractivity contribution in [2.45, 2.75) is 26.3 Å². The largest absolute Gasteiger partial charge is 0.476 e. The Kier molecular flexibility index (Phi) is 4.39. The van der Waals surface area contributed by atoms with E-state index >= 15 is 0 Å². The lowest BCUT2D eigenvalue weighted by Gasteiger charge is -2.27. The molecule has 1 aliphatic rings. The Hall–Kier alpha value is -1.89. The van der Waals surface area contributed by atoms with Gasteiger partial charge in [-0.3, -0.25) is 0 Å². The number of carboxylic acid groups (broad SMARTS) is 1. The van der Waals surface area contributed by atoms with Gasteiger partial charge < -0.3 is 15.3 Å². The Morgan fingerprint density at radius 2 is 2.30 bits per heavy atom. The molecule has 6 nitrogen and oxygen atoms in total. The second-order valence-electron chi connectivity index (χ2n) is 4.79. The van der Waals surface area contributed by atoms with Gasteiger partial charge in [0.05, 0.1) is 6.04 Å². The SMILES string of the molecule is CC1=CCN(C(=O)NC(C)c2nc(C(=O)O)cs2)CC1. The van der Waals surface area contributed by atoms with Crippen LogP contribution in [-0.4, -0.2) is 40.1 Å². The van der Waals surface area contributed by atoms with Gasteiger partial charge in [0.15, 0.2) is 5.69 Å². The van der Waals surface area contributed by atoms with E-state index in [4.69, 9.17) is 5.11 Å². The minimum absolute atomic E-state index is 0.0163. The average Bonchev–Trinajstić information content (AvgIpc) is 2.89. The third-order valence-corrected chi connectivity index (χ3v) is 4.20. The molecule has 7 heteroatoms. The van der Waals surface area contributed by atoms with Crippen LogP contribution in [0.3, 0.4) is 0 Å². The molecular formula is C13H17N3O3S. The van der Waals surface area contributed by atoms with Crippen molar-refractivity contribution in [2.75, 3.05) is 13.1 Å². The molecule has 1 aliphatic heterocycles. The van der Waals surface area contributed by atoms with E-state index in [0.717, 1.165) is 6.42 Å². The second-order valence-corrected chi connectivity index (χ2v) is 5.68. The predicted molar refractivity (Wildman–Crippen MR) is 76.0 cm³/mol. The van der Waals surface area contributed by atoms with Gasteiger partial charge in [-0.2, -0.15) is 0 Å². The summed E-state index contributed by atoms with van der Waals surface area (Å²) in [5, 5.41) is 13.8. The van der Waals surface area contributed by atoms with Gasteiger partial charge in [0, 0.05) is 18.5 Å². The molecule has 0 fully saturated rings. The van der Waals surface area contributed by atoms with Crippen molar-refractivity contribution in [3.8, 4) is 0 Å². The zero-order valence-electron chi connectivity index (χ0n) is 11.4. The maximum Gasteiger partial charge on any atom is 0.355 e. The first kappa shape index (κ1) is 14.5. The molecule has 1 unspecified atom stereocenters. The van der Waals surface area contributed by atoms with Crippen LogP contribution >= 0.6 is 11.3 Å². The molecule has 1 aromatic heterocycles. The molecule has 0 bridgehead atoms. The standard InChI is InChI=1S/C13H17N3O3S/c1-8-3-5-16(6-4-8)13(19)14-9(2)11-15-10(7-20-11)12(17)18/h3,7,9H,4-6H2,1-2H3,(H,14,19)(H,17,18). The zero-order valence-corrected chi connectivity index (χ0v) is 12.2. The quantitative estimate of drug-likeness (QED) is 0.838. The summed E-state index contributed by atoms with van der Waals surface area (Å²) >= 11 is 1.24. The van der Waals surface area contributed by atoms with Gasteiger partial charge in [0.25, 0.3) is 0 Å². The molecule has 2 amide bonds. The number of amides is 2. The fourth-order valence-electron chi connectivity index (χ4n) is 1.88. The number of thiazole rings is 1. The number of carbonyl (C=O) groups excluding carboxylic acids is 1. The summed E-state index contributed by atoms with van der Waals surface area (Å²) in [6.07, 6.45) is 2.93. The monoisotopic (exact) mass is 295 g/mol. The third kappa shape index (κ3) is 3.36. The van der Waals surface area contributed by atoms with Gasteiger partial charge >= 0.3 is 12.0 Å². The van der Waals surface area contributed by atoms with E-state index in [1.54, 1.807) is 11.8 Å². The number of rotatable bonds is 3. The number of carboxylic acids is 1. The molecular weight excluding hydrogens is 278 g/mol. The van der Waals surface area contributed by atoms with Gasteiger partial charge in [-0.1, -0.05) is 11.6 Å². The summed E-state index contributed by atoms with van der Waals surface area (Å²) < 4.78 is 0. The lowest BCUT2D eigenvalue weighted by atomic mass is 10.1. The number of aromatic carboxylic acids is 1. The van der Waals surface area contributed by atoms with Crippen LogP contribution in [-0.2, 0) is 0 Å². The Balaban J connectivity index is 1.95. The van der Waals surface area contributed by atoms with Crippen LogP contribution in [0.4, 0.5) is 4.79 Å². The summed E-state index contributed by atoms with van der Waals surface area (Å²) in [5.74, 6) is -1.05. The van der Waals surface area contributed by atoms with Crippen molar-refractivity contribution in [2.24, 2.45) is 0 Å². The molecule has 0 aromatic carbocycles. The first-order valence-electron chi connectivity index (χ1n) is 6.37. The van der Waals surface area contributed by atoms with Crippen molar-refractivity contribution in [3.63, 3.8) is 0 Å². The van der Waals surface area contributed by atoms with Crippen molar-refractivity contribution in [1.82, 2.24) is 15.2 Å². The second kappa shape index (κ2) is 6.04. The van der Waals surface area contributed by atoms with Crippen molar-refractivity contribution >= 4 is 23.3 Å². The Bertz CT molecular complexity index is 553. The van der Waals surface area contributed by atoms with E-state index in [2.05, 4.69) is 17.2 Å².